The lowest BCUT2D eigenvalue weighted by Crippen LogP contribution is -2.02. The van der Waals surface area contributed by atoms with E-state index < -0.39 is 0 Å². The Morgan fingerprint density at radius 3 is 1.67 bits per heavy atom. The third-order valence-electron chi connectivity index (χ3n) is 14.4. The Hall–Kier alpha value is -9.45. The molecule has 0 saturated heterocycles. The molecular weight excluding hydrogens is 853 g/mol. The fraction of sp³-hybridized carbons (Fsp3) is 0. The number of fused-ring (bicyclic) bond motifs is 15. The summed E-state index contributed by atoms with van der Waals surface area (Å²) < 4.78 is 9.28. The Kier molecular flexibility index (Phi) is 8.29. The number of hydrogen-bond acceptors (Lipinski definition) is 4. The average Bonchev–Trinajstić information content (AvgIpc) is 3.98. The minimum Gasteiger partial charge on any atom is -0.455 e. The molecule has 5 nitrogen and oxygen atoms in total. The lowest BCUT2D eigenvalue weighted by molar-refractivity contribution is 0.673. The second kappa shape index (κ2) is 15.0. The molecule has 3 heterocycles. The summed E-state index contributed by atoms with van der Waals surface area (Å²) in [5.41, 5.74) is 9.84. The van der Waals surface area contributed by atoms with Crippen molar-refractivity contribution >= 4 is 97.6 Å². The number of benzene rings is 12. The van der Waals surface area contributed by atoms with Gasteiger partial charge in [0.2, 0.25) is 0 Å². The van der Waals surface area contributed by atoms with Crippen molar-refractivity contribution in [2.45, 2.75) is 0 Å². The van der Waals surface area contributed by atoms with Crippen molar-refractivity contribution in [3.8, 4) is 51.0 Å². The summed E-state index contributed by atoms with van der Waals surface area (Å²) in [4.78, 5) is 16.2. The first kappa shape index (κ1) is 38.6. The molecule has 0 saturated carbocycles. The van der Waals surface area contributed by atoms with Gasteiger partial charge in [-0.1, -0.05) is 182 Å². The number of hydrogen-bond donors (Lipinski definition) is 0. The normalized spacial score (nSPS) is 12.0. The van der Waals surface area contributed by atoms with Crippen LogP contribution in [0.25, 0.3) is 149 Å². The first-order chi connectivity index (χ1) is 34.7. The molecule has 0 unspecified atom stereocenters. The largest absolute Gasteiger partial charge is 0.455 e. The van der Waals surface area contributed by atoms with E-state index in [0.29, 0.717) is 17.5 Å². The molecule has 12 aromatic carbocycles. The fourth-order valence-corrected chi connectivity index (χ4v) is 11.3. The van der Waals surface area contributed by atoms with E-state index >= 15 is 0 Å². The maximum absolute atomic E-state index is 6.84. The number of para-hydroxylation sites is 1. The van der Waals surface area contributed by atoms with E-state index in [-0.39, 0.29) is 0 Å². The Labute approximate surface area is 401 Å². The van der Waals surface area contributed by atoms with Crippen molar-refractivity contribution in [2.75, 3.05) is 0 Å². The molecule has 3 aromatic heterocycles. The molecule has 0 fully saturated rings. The van der Waals surface area contributed by atoms with Gasteiger partial charge in [-0.15, -0.1) is 0 Å². The highest BCUT2D eigenvalue weighted by Crippen LogP contribution is 2.45. The van der Waals surface area contributed by atoms with E-state index in [2.05, 4.69) is 217 Å². The minimum absolute atomic E-state index is 0.585. The van der Waals surface area contributed by atoms with Gasteiger partial charge < -0.3 is 8.98 Å². The van der Waals surface area contributed by atoms with Crippen LogP contribution in [-0.2, 0) is 0 Å². The lowest BCUT2D eigenvalue weighted by Gasteiger charge is -2.17. The summed E-state index contributed by atoms with van der Waals surface area (Å²) in [6.45, 7) is 0. The van der Waals surface area contributed by atoms with Gasteiger partial charge in [0, 0.05) is 54.6 Å². The molecule has 0 aliphatic rings. The molecule has 324 valence electrons. The third-order valence-corrected chi connectivity index (χ3v) is 14.4. The summed E-state index contributed by atoms with van der Waals surface area (Å²) >= 11 is 0. The van der Waals surface area contributed by atoms with Gasteiger partial charge >= 0.3 is 0 Å². The van der Waals surface area contributed by atoms with E-state index in [4.69, 9.17) is 19.4 Å². The highest BCUT2D eigenvalue weighted by Gasteiger charge is 2.23. The maximum atomic E-state index is 6.84. The highest BCUT2D eigenvalue weighted by molar-refractivity contribution is 6.28. The van der Waals surface area contributed by atoms with Gasteiger partial charge in [-0.25, -0.2) is 15.0 Å². The molecule has 0 radical (unpaired) electrons. The average molecular weight is 891 g/mol. The van der Waals surface area contributed by atoms with Gasteiger partial charge in [-0.05, 0) is 97.2 Å². The molecule has 0 atom stereocenters. The molecule has 0 spiro atoms. The zero-order valence-corrected chi connectivity index (χ0v) is 37.6. The first-order valence-electron chi connectivity index (χ1n) is 23.8. The van der Waals surface area contributed by atoms with Gasteiger partial charge in [-0.2, -0.15) is 0 Å². The van der Waals surface area contributed by atoms with Crippen molar-refractivity contribution in [2.24, 2.45) is 0 Å². The summed E-state index contributed by atoms with van der Waals surface area (Å²) in [6.07, 6.45) is 0. The molecule has 0 bridgehead atoms. The maximum Gasteiger partial charge on any atom is 0.164 e. The van der Waals surface area contributed by atoms with Gasteiger partial charge in [0.05, 0.1) is 16.7 Å². The predicted molar refractivity (Wildman–Crippen MR) is 291 cm³/mol. The molecule has 0 aliphatic heterocycles. The van der Waals surface area contributed by atoms with E-state index in [1.54, 1.807) is 0 Å². The highest BCUT2D eigenvalue weighted by atomic mass is 16.3. The monoisotopic (exact) mass is 890 g/mol. The summed E-state index contributed by atoms with van der Waals surface area (Å²) in [5.74, 6) is 1.81. The van der Waals surface area contributed by atoms with Crippen LogP contribution in [0.5, 0.6) is 0 Å². The predicted octanol–water partition coefficient (Wildman–Crippen LogP) is 17.3. The van der Waals surface area contributed by atoms with Crippen LogP contribution < -0.4 is 0 Å². The fourth-order valence-electron chi connectivity index (χ4n) is 11.3. The molecular formula is C65H38N4O. The van der Waals surface area contributed by atoms with Crippen molar-refractivity contribution in [3.63, 3.8) is 0 Å². The van der Waals surface area contributed by atoms with Crippen LogP contribution in [0.1, 0.15) is 0 Å². The Morgan fingerprint density at radius 2 is 0.886 bits per heavy atom. The summed E-state index contributed by atoms with van der Waals surface area (Å²) in [7, 11) is 0. The smallest absolute Gasteiger partial charge is 0.164 e. The van der Waals surface area contributed by atoms with E-state index in [9.17, 15) is 0 Å². The van der Waals surface area contributed by atoms with Crippen LogP contribution in [0.4, 0.5) is 0 Å². The van der Waals surface area contributed by atoms with Crippen molar-refractivity contribution in [1.29, 1.82) is 0 Å². The summed E-state index contributed by atoms with van der Waals surface area (Å²) in [5, 5.41) is 16.2. The third kappa shape index (κ3) is 5.76. The summed E-state index contributed by atoms with van der Waals surface area (Å²) in [6, 6.07) is 82.2. The van der Waals surface area contributed by atoms with Crippen LogP contribution in [0.2, 0.25) is 0 Å². The molecule has 70 heavy (non-hydrogen) atoms. The Morgan fingerprint density at radius 1 is 0.300 bits per heavy atom. The Bertz CT molecular complexity index is 4620. The topological polar surface area (TPSA) is 56.7 Å². The van der Waals surface area contributed by atoms with Crippen molar-refractivity contribution in [1.82, 2.24) is 19.5 Å². The second-order valence-corrected chi connectivity index (χ2v) is 18.2. The van der Waals surface area contributed by atoms with Gasteiger partial charge in [-0.3, -0.25) is 0 Å². The standard InChI is InChI=1S/C65H38N4O/c1-2-17-40(18-3-1)63-66-64(68-65(67-63)53-29-14-27-50-47-23-9-8-22-45(47)46-24-10-11-26-49(46)60(50)53)43-33-35-57(69-56-30-13-12-25-48(56)54-36-41-19-4-5-20-42(41)38-58(54)69)55(37-43)51-28-15-31-59-61(51)52-34-32-39-16-6-7-21-44(39)62(52)70-59/h1-38H. The first-order valence-corrected chi connectivity index (χ1v) is 23.8. The van der Waals surface area contributed by atoms with E-state index in [1.165, 1.54) is 37.7 Å². The molecule has 0 N–H and O–H groups in total. The van der Waals surface area contributed by atoms with Gasteiger partial charge in [0.25, 0.3) is 0 Å². The van der Waals surface area contributed by atoms with Crippen LogP contribution in [0, 0.1) is 0 Å². The second-order valence-electron chi connectivity index (χ2n) is 18.2. The van der Waals surface area contributed by atoms with Crippen molar-refractivity contribution < 1.29 is 4.42 Å². The molecule has 0 amide bonds. The Balaban J connectivity index is 1.04. The van der Waals surface area contributed by atoms with Crippen LogP contribution in [-0.4, -0.2) is 19.5 Å². The van der Waals surface area contributed by atoms with Gasteiger partial charge in [0.1, 0.15) is 11.2 Å². The number of rotatable bonds is 5. The van der Waals surface area contributed by atoms with Crippen LogP contribution >= 0.6 is 0 Å². The molecule has 15 aromatic rings. The molecule has 15 rings (SSSR count). The number of furan rings is 1. The molecule has 5 heteroatoms. The van der Waals surface area contributed by atoms with E-state index in [1.807, 2.05) is 18.2 Å². The van der Waals surface area contributed by atoms with Gasteiger partial charge in [0.15, 0.2) is 17.5 Å². The zero-order valence-electron chi connectivity index (χ0n) is 37.6. The quantitative estimate of drug-likeness (QED) is 0.162. The SMILES string of the molecule is c1ccc(-c2nc(-c3ccc(-n4c5ccccc5c5cc6ccccc6cc54)c(-c4cccc5oc6c7ccccc7ccc6c45)c3)nc(-c3cccc4c5ccccc5c5ccccc5c34)n2)cc1. The minimum atomic E-state index is 0.585. The van der Waals surface area contributed by atoms with Crippen LogP contribution in [0.15, 0.2) is 235 Å². The van der Waals surface area contributed by atoms with Crippen LogP contribution in [0.3, 0.4) is 0 Å². The van der Waals surface area contributed by atoms with Crippen molar-refractivity contribution in [3.05, 3.63) is 231 Å². The zero-order chi connectivity index (χ0) is 45.9. The number of aromatic nitrogens is 4. The van der Waals surface area contributed by atoms with E-state index in [0.717, 1.165) is 93.4 Å². The number of nitrogens with zero attached hydrogens (tertiary/aromatic N) is 4. The lowest BCUT2D eigenvalue weighted by atomic mass is 9.91. The molecule has 0 aliphatic carbocycles.